The zero-order valence-corrected chi connectivity index (χ0v) is 13.3. The number of nitrogens with one attached hydrogen (secondary N) is 1. The van der Waals surface area contributed by atoms with Crippen LogP contribution in [0.5, 0.6) is 0 Å². The third-order valence-electron chi connectivity index (χ3n) is 4.02. The van der Waals surface area contributed by atoms with Crippen LogP contribution in [0.25, 0.3) is 10.2 Å². The van der Waals surface area contributed by atoms with Crippen molar-refractivity contribution in [3.63, 3.8) is 0 Å². The predicted octanol–water partition coefficient (Wildman–Crippen LogP) is 4.09. The third kappa shape index (κ3) is 3.43. The lowest BCUT2D eigenvalue weighted by Gasteiger charge is -2.28. The molecule has 0 spiro atoms. The number of thiazole rings is 1. The summed E-state index contributed by atoms with van der Waals surface area (Å²) in [5.41, 5.74) is 1.03. The van der Waals surface area contributed by atoms with Gasteiger partial charge in [0.05, 0.1) is 10.2 Å². The second-order valence-electron chi connectivity index (χ2n) is 5.59. The molecule has 0 saturated carbocycles. The predicted molar refractivity (Wildman–Crippen MR) is 88.0 cm³/mol. The number of hydrogen-bond donors (Lipinski definition) is 1. The molecule has 1 aliphatic rings. The minimum Gasteiger partial charge on any atom is -0.361 e. The first-order chi connectivity index (χ1) is 9.70. The molecule has 1 aromatic carbocycles. The SMILES string of the molecule is CN1CCC(CCNc2nc3ccc(Cl)cc3s2)CC1. The summed E-state index contributed by atoms with van der Waals surface area (Å²) in [7, 11) is 2.21. The van der Waals surface area contributed by atoms with E-state index in [1.807, 2.05) is 18.2 Å². The number of likely N-dealkylation sites (tertiary alicyclic amines) is 1. The number of anilines is 1. The molecule has 1 aromatic heterocycles. The zero-order valence-electron chi connectivity index (χ0n) is 11.7. The Balaban J connectivity index is 1.52. The van der Waals surface area contributed by atoms with Crippen molar-refractivity contribution in [3.05, 3.63) is 23.2 Å². The van der Waals surface area contributed by atoms with Gasteiger partial charge in [0.25, 0.3) is 0 Å². The maximum absolute atomic E-state index is 6.00. The summed E-state index contributed by atoms with van der Waals surface area (Å²) in [6, 6.07) is 5.86. The quantitative estimate of drug-likeness (QED) is 0.922. The van der Waals surface area contributed by atoms with Crippen LogP contribution in [-0.4, -0.2) is 36.6 Å². The zero-order chi connectivity index (χ0) is 13.9. The molecular formula is C15H20ClN3S. The second-order valence-corrected chi connectivity index (χ2v) is 7.06. The van der Waals surface area contributed by atoms with Crippen molar-refractivity contribution >= 4 is 38.3 Å². The highest BCUT2D eigenvalue weighted by Crippen LogP contribution is 2.28. The van der Waals surface area contributed by atoms with Crippen LogP contribution in [0.1, 0.15) is 19.3 Å². The molecule has 0 radical (unpaired) electrons. The van der Waals surface area contributed by atoms with Crippen molar-refractivity contribution in [2.24, 2.45) is 5.92 Å². The van der Waals surface area contributed by atoms with Gasteiger partial charge in [0.1, 0.15) is 0 Å². The van der Waals surface area contributed by atoms with Crippen LogP contribution < -0.4 is 5.32 Å². The van der Waals surface area contributed by atoms with E-state index < -0.39 is 0 Å². The maximum Gasteiger partial charge on any atom is 0.183 e. The highest BCUT2D eigenvalue weighted by atomic mass is 35.5. The molecule has 5 heteroatoms. The minimum absolute atomic E-state index is 0.777. The molecule has 0 bridgehead atoms. The Morgan fingerprint density at radius 2 is 2.20 bits per heavy atom. The molecule has 0 unspecified atom stereocenters. The Kier molecular flexibility index (Phi) is 4.44. The van der Waals surface area contributed by atoms with Gasteiger partial charge in [0.2, 0.25) is 0 Å². The highest BCUT2D eigenvalue weighted by Gasteiger charge is 2.16. The van der Waals surface area contributed by atoms with Gasteiger partial charge < -0.3 is 10.2 Å². The third-order valence-corrected chi connectivity index (χ3v) is 5.23. The summed E-state index contributed by atoms with van der Waals surface area (Å²) >= 11 is 7.68. The Labute approximate surface area is 128 Å². The van der Waals surface area contributed by atoms with Crippen LogP contribution in [-0.2, 0) is 0 Å². The first-order valence-corrected chi connectivity index (χ1v) is 8.38. The van der Waals surface area contributed by atoms with Gasteiger partial charge >= 0.3 is 0 Å². The molecule has 3 nitrogen and oxygen atoms in total. The number of nitrogens with zero attached hydrogens (tertiary/aromatic N) is 2. The Morgan fingerprint density at radius 1 is 1.40 bits per heavy atom. The number of halogens is 1. The lowest BCUT2D eigenvalue weighted by atomic mass is 9.94. The van der Waals surface area contributed by atoms with E-state index in [1.165, 1.54) is 32.4 Å². The molecule has 108 valence electrons. The van der Waals surface area contributed by atoms with Crippen LogP contribution >= 0.6 is 22.9 Å². The fourth-order valence-electron chi connectivity index (χ4n) is 2.71. The number of rotatable bonds is 4. The Hall–Kier alpha value is -0.840. The van der Waals surface area contributed by atoms with E-state index in [2.05, 4.69) is 22.2 Å². The summed E-state index contributed by atoms with van der Waals surface area (Å²) in [4.78, 5) is 7.01. The largest absolute Gasteiger partial charge is 0.361 e. The van der Waals surface area contributed by atoms with Crippen LogP contribution in [0.15, 0.2) is 18.2 Å². The molecule has 2 aromatic rings. The smallest absolute Gasteiger partial charge is 0.183 e. The fraction of sp³-hybridized carbons (Fsp3) is 0.533. The number of aromatic nitrogens is 1. The van der Waals surface area contributed by atoms with Crippen LogP contribution in [0.4, 0.5) is 5.13 Å². The second kappa shape index (κ2) is 6.29. The summed E-state index contributed by atoms with van der Waals surface area (Å²) in [5, 5.41) is 5.25. The molecule has 1 N–H and O–H groups in total. The Bertz CT molecular complexity index is 576. The van der Waals surface area contributed by atoms with Crippen molar-refractivity contribution < 1.29 is 0 Å². The van der Waals surface area contributed by atoms with E-state index in [-0.39, 0.29) is 0 Å². The first kappa shape index (κ1) is 14.1. The monoisotopic (exact) mass is 309 g/mol. The van der Waals surface area contributed by atoms with E-state index in [0.717, 1.165) is 32.8 Å². The van der Waals surface area contributed by atoms with Gasteiger partial charge in [-0.1, -0.05) is 22.9 Å². The van der Waals surface area contributed by atoms with Crippen LogP contribution in [0, 0.1) is 5.92 Å². The van der Waals surface area contributed by atoms with E-state index in [1.54, 1.807) is 11.3 Å². The van der Waals surface area contributed by atoms with Gasteiger partial charge in [0.15, 0.2) is 5.13 Å². The lowest BCUT2D eigenvalue weighted by molar-refractivity contribution is 0.215. The van der Waals surface area contributed by atoms with Crippen LogP contribution in [0.2, 0.25) is 5.02 Å². The number of benzene rings is 1. The Morgan fingerprint density at radius 3 is 3.00 bits per heavy atom. The summed E-state index contributed by atoms with van der Waals surface area (Å²) in [6.07, 6.45) is 3.89. The highest BCUT2D eigenvalue weighted by molar-refractivity contribution is 7.22. The molecule has 1 aliphatic heterocycles. The number of fused-ring (bicyclic) bond motifs is 1. The van der Waals surface area contributed by atoms with Gasteiger partial charge in [-0.15, -0.1) is 0 Å². The van der Waals surface area contributed by atoms with Crippen molar-refractivity contribution in [2.45, 2.75) is 19.3 Å². The number of piperidine rings is 1. The minimum atomic E-state index is 0.777. The van der Waals surface area contributed by atoms with Crippen LogP contribution in [0.3, 0.4) is 0 Å². The maximum atomic E-state index is 6.00. The van der Waals surface area contributed by atoms with Crippen molar-refractivity contribution in [2.75, 3.05) is 32.0 Å². The molecule has 0 amide bonds. The summed E-state index contributed by atoms with van der Waals surface area (Å²) in [5.74, 6) is 0.863. The van der Waals surface area contributed by atoms with E-state index in [0.29, 0.717) is 0 Å². The lowest BCUT2D eigenvalue weighted by Crippen LogP contribution is -2.30. The molecule has 3 rings (SSSR count). The molecule has 1 saturated heterocycles. The molecule has 2 heterocycles. The first-order valence-electron chi connectivity index (χ1n) is 7.19. The summed E-state index contributed by atoms with van der Waals surface area (Å²) in [6.45, 7) is 3.50. The van der Waals surface area contributed by atoms with Crippen molar-refractivity contribution in [1.82, 2.24) is 9.88 Å². The van der Waals surface area contributed by atoms with E-state index in [9.17, 15) is 0 Å². The van der Waals surface area contributed by atoms with Gasteiger partial charge in [-0.3, -0.25) is 0 Å². The molecular weight excluding hydrogens is 290 g/mol. The van der Waals surface area contributed by atoms with Crippen molar-refractivity contribution in [1.29, 1.82) is 0 Å². The van der Waals surface area contributed by atoms with Gasteiger partial charge in [0, 0.05) is 11.6 Å². The van der Waals surface area contributed by atoms with E-state index in [4.69, 9.17) is 11.6 Å². The average molecular weight is 310 g/mol. The van der Waals surface area contributed by atoms with Gasteiger partial charge in [-0.25, -0.2) is 4.98 Å². The fourth-order valence-corrected chi connectivity index (χ4v) is 3.88. The molecule has 0 aliphatic carbocycles. The summed E-state index contributed by atoms with van der Waals surface area (Å²) < 4.78 is 1.15. The van der Waals surface area contributed by atoms with Gasteiger partial charge in [-0.2, -0.15) is 0 Å². The van der Waals surface area contributed by atoms with E-state index >= 15 is 0 Å². The van der Waals surface area contributed by atoms with Crippen molar-refractivity contribution in [3.8, 4) is 0 Å². The average Bonchev–Trinajstić information content (AvgIpc) is 2.83. The molecule has 20 heavy (non-hydrogen) atoms. The molecule has 1 fully saturated rings. The topological polar surface area (TPSA) is 28.2 Å². The molecule has 0 atom stereocenters. The van der Waals surface area contributed by atoms with Gasteiger partial charge in [-0.05, 0) is 63.5 Å². The normalized spacial score (nSPS) is 17.7. The standard InChI is InChI=1S/C15H20ClN3S/c1-19-8-5-11(6-9-19)4-7-17-15-18-13-3-2-12(16)10-14(13)20-15/h2-3,10-11H,4-9H2,1H3,(H,17,18). The number of hydrogen-bond acceptors (Lipinski definition) is 4.